The Kier molecular flexibility index (Phi) is 21.4. The minimum atomic E-state index is 1.10. The Morgan fingerprint density at radius 1 is 0.647 bits per heavy atom. The summed E-state index contributed by atoms with van der Waals surface area (Å²) in [6.07, 6.45) is 10.1. The Morgan fingerprint density at radius 3 is 1.26 bits per heavy atom. The fourth-order valence-corrected chi connectivity index (χ4v) is 3.47. The zero-order valence-corrected chi connectivity index (χ0v) is 25.5. The minimum absolute atomic E-state index is 1.10. The second kappa shape index (κ2) is 22.2. The van der Waals surface area contributed by atoms with E-state index in [0.717, 1.165) is 12.8 Å². The van der Waals surface area contributed by atoms with Crippen LogP contribution in [0, 0.1) is 27.7 Å². The molecule has 0 aliphatic carbocycles. The average Bonchev–Trinajstić information content (AvgIpc) is 3.44. The van der Waals surface area contributed by atoms with Crippen LogP contribution in [0.15, 0.2) is 72.8 Å². The van der Waals surface area contributed by atoms with Crippen molar-refractivity contribution >= 4 is 28.4 Å². The molecule has 34 heavy (non-hydrogen) atoms. The van der Waals surface area contributed by atoms with E-state index in [1.54, 1.807) is 0 Å². The fourth-order valence-electron chi connectivity index (χ4n) is 3.47. The predicted octanol–water partition coefficient (Wildman–Crippen LogP) is 10.2. The van der Waals surface area contributed by atoms with E-state index in [2.05, 4.69) is 121 Å². The molecule has 4 aromatic carbocycles. The van der Waals surface area contributed by atoms with E-state index in [4.69, 9.17) is 0 Å². The number of hydrogen-bond donors (Lipinski definition) is 0. The zero-order valence-electron chi connectivity index (χ0n) is 22.0. The molecule has 0 aromatic heterocycles. The molecule has 184 valence electrons. The Hall–Kier alpha value is -1.24. The van der Waals surface area contributed by atoms with E-state index in [-0.39, 0.29) is 0 Å². The molecule has 0 spiro atoms. The third-order valence-corrected chi connectivity index (χ3v) is 5.23. The second-order valence-corrected chi connectivity index (χ2v) is 8.44. The molecule has 0 bridgehead atoms. The van der Waals surface area contributed by atoms with Crippen LogP contribution in [0.1, 0.15) is 76.3 Å². The fraction of sp³-hybridized carbons (Fsp3) is 0.375. The monoisotopic (exact) mass is 546 g/mol. The third-order valence-electron chi connectivity index (χ3n) is 5.23. The normalized spacial score (nSPS) is 9.44. The van der Waals surface area contributed by atoms with E-state index in [0.29, 0.717) is 0 Å². The summed E-state index contributed by atoms with van der Waals surface area (Å²) in [5, 5.41) is 5.39. The first kappa shape index (κ1) is 32.8. The van der Waals surface area contributed by atoms with Crippen molar-refractivity contribution in [2.45, 2.75) is 79.1 Å². The molecular formula is C32H44SiZr-4. The third kappa shape index (κ3) is 14.9. The molecule has 4 aromatic rings. The molecule has 2 heteroatoms. The van der Waals surface area contributed by atoms with Crippen molar-refractivity contribution in [3.8, 4) is 0 Å². The van der Waals surface area contributed by atoms with Gasteiger partial charge in [0.15, 0.2) is 0 Å². The van der Waals surface area contributed by atoms with Gasteiger partial charge < -0.3 is 13.8 Å². The molecule has 0 aliphatic rings. The van der Waals surface area contributed by atoms with Gasteiger partial charge in [-0.3, -0.25) is 0 Å². The Bertz CT molecular complexity index is 825. The molecule has 0 nitrogen and oxygen atoms in total. The van der Waals surface area contributed by atoms with Crippen LogP contribution in [0.2, 0.25) is 0 Å². The molecule has 4 rings (SSSR count). The SMILES string of the molecule is Cc1cc2ccccc2[cH-]1.Cc1cc2ccccc2[cH-]1.[CH2-]CCCCC.[CH2-]CCCCC.[Si]=[Zr]. The maximum atomic E-state index is 3.72. The Balaban J connectivity index is 0.000000431. The van der Waals surface area contributed by atoms with Gasteiger partial charge in [-0.25, -0.2) is 0 Å². The van der Waals surface area contributed by atoms with E-state index in [1.807, 2.05) is 0 Å². The molecule has 0 saturated carbocycles. The quantitative estimate of drug-likeness (QED) is 0.128. The molecule has 0 unspecified atom stereocenters. The number of hydrogen-bond acceptors (Lipinski definition) is 0. The first-order chi connectivity index (χ1) is 16.5. The van der Waals surface area contributed by atoms with Crippen LogP contribution < -0.4 is 0 Å². The summed E-state index contributed by atoms with van der Waals surface area (Å²) in [4.78, 5) is 0. The van der Waals surface area contributed by atoms with Gasteiger partial charge in [-0.15, -0.1) is 81.2 Å². The number of aryl methyl sites for hydroxylation is 2. The van der Waals surface area contributed by atoms with Gasteiger partial charge in [0.2, 0.25) is 0 Å². The summed E-state index contributed by atoms with van der Waals surface area (Å²) in [5.41, 5.74) is 2.70. The van der Waals surface area contributed by atoms with Gasteiger partial charge in [0.1, 0.15) is 0 Å². The zero-order chi connectivity index (χ0) is 25.6. The molecule has 0 fully saturated rings. The van der Waals surface area contributed by atoms with Crippen molar-refractivity contribution in [3.63, 3.8) is 0 Å². The molecule has 0 saturated heterocycles. The van der Waals surface area contributed by atoms with Crippen molar-refractivity contribution in [1.29, 1.82) is 0 Å². The number of fused-ring (bicyclic) bond motifs is 2. The van der Waals surface area contributed by atoms with Gasteiger partial charge in [-0.2, -0.15) is 25.0 Å². The van der Waals surface area contributed by atoms with Gasteiger partial charge in [0.05, 0.1) is 0 Å². The van der Waals surface area contributed by atoms with E-state index in [9.17, 15) is 0 Å². The van der Waals surface area contributed by atoms with Crippen LogP contribution >= 0.6 is 0 Å². The molecule has 0 heterocycles. The molecule has 0 atom stereocenters. The first-order valence-corrected chi connectivity index (χ1v) is 16.8. The number of unbranched alkanes of at least 4 members (excludes halogenated alkanes) is 6. The molecule has 0 N–H and O–H groups in total. The van der Waals surface area contributed by atoms with Crippen molar-refractivity contribution in [3.05, 3.63) is 97.8 Å². The van der Waals surface area contributed by atoms with Crippen molar-refractivity contribution < 1.29 is 23.3 Å². The summed E-state index contributed by atoms with van der Waals surface area (Å²) in [6.45, 7) is 19.2. The van der Waals surface area contributed by atoms with Crippen LogP contribution in [0.4, 0.5) is 0 Å². The van der Waals surface area contributed by atoms with E-state index in [1.165, 1.54) is 94.5 Å². The van der Waals surface area contributed by atoms with E-state index >= 15 is 0 Å². The van der Waals surface area contributed by atoms with Crippen LogP contribution in [-0.2, 0) is 23.3 Å². The second-order valence-electron chi connectivity index (χ2n) is 8.44. The topological polar surface area (TPSA) is 0 Å². The van der Waals surface area contributed by atoms with Crippen LogP contribution in [0.25, 0.3) is 21.5 Å². The van der Waals surface area contributed by atoms with Crippen molar-refractivity contribution in [1.82, 2.24) is 0 Å². The van der Waals surface area contributed by atoms with Gasteiger partial charge in [-0.1, -0.05) is 78.4 Å². The Labute approximate surface area is 227 Å². The summed E-state index contributed by atoms with van der Waals surface area (Å²) < 4.78 is 0. The molecule has 2 radical (unpaired) electrons. The average molecular weight is 548 g/mol. The van der Waals surface area contributed by atoms with Gasteiger partial charge in [0.25, 0.3) is 0 Å². The number of benzene rings is 2. The number of rotatable bonds is 6. The molecule has 0 aliphatic heterocycles. The van der Waals surface area contributed by atoms with Crippen LogP contribution in [0.3, 0.4) is 0 Å². The van der Waals surface area contributed by atoms with Gasteiger partial charge in [0, 0.05) is 0 Å². The van der Waals surface area contributed by atoms with Crippen LogP contribution in [-0.4, -0.2) is 6.88 Å². The summed E-state index contributed by atoms with van der Waals surface area (Å²) in [5.74, 6) is 0. The molecule has 0 amide bonds. The Morgan fingerprint density at radius 2 is 1.00 bits per heavy atom. The predicted molar refractivity (Wildman–Crippen MR) is 153 cm³/mol. The summed E-state index contributed by atoms with van der Waals surface area (Å²) in [7, 11) is 0. The maximum absolute atomic E-state index is 3.72. The van der Waals surface area contributed by atoms with E-state index < -0.39 is 0 Å². The van der Waals surface area contributed by atoms with Gasteiger partial charge >= 0.3 is 30.2 Å². The molecular weight excluding hydrogens is 504 g/mol. The standard InChI is InChI=1S/2C10H9.2C6H13.Si.Zr/c2*1-8-6-9-4-2-3-5-10(9)7-8;2*1-3-5-6-4-2;;/h2*2-7H,1H3;2*1,3-6H2,2H3;;/q4*-1;;. The summed E-state index contributed by atoms with van der Waals surface area (Å²) >= 11 is 1.36. The van der Waals surface area contributed by atoms with Crippen molar-refractivity contribution in [2.24, 2.45) is 0 Å². The summed E-state index contributed by atoms with van der Waals surface area (Å²) in [6, 6.07) is 25.7. The first-order valence-electron chi connectivity index (χ1n) is 12.6. The van der Waals surface area contributed by atoms with Crippen molar-refractivity contribution in [2.75, 3.05) is 0 Å². The van der Waals surface area contributed by atoms with Gasteiger partial charge in [-0.05, 0) is 0 Å². The van der Waals surface area contributed by atoms with Crippen LogP contribution in [0.5, 0.6) is 0 Å².